The van der Waals surface area contributed by atoms with Crippen molar-refractivity contribution in [3.63, 3.8) is 0 Å². The second-order valence-corrected chi connectivity index (χ2v) is 4.74. The van der Waals surface area contributed by atoms with Crippen LogP contribution in [0.25, 0.3) is 0 Å². The van der Waals surface area contributed by atoms with Crippen LogP contribution in [0.5, 0.6) is 0 Å². The van der Waals surface area contributed by atoms with E-state index >= 15 is 0 Å². The third-order valence-corrected chi connectivity index (χ3v) is 3.04. The van der Waals surface area contributed by atoms with E-state index < -0.39 is 0 Å². The van der Waals surface area contributed by atoms with Gasteiger partial charge in [-0.3, -0.25) is 0 Å². The van der Waals surface area contributed by atoms with Crippen LogP contribution in [0, 0.1) is 11.8 Å². The van der Waals surface area contributed by atoms with Crippen molar-refractivity contribution in [1.82, 2.24) is 0 Å². The molecule has 0 aliphatic rings. The molecule has 0 rings (SSSR count). The molecule has 0 N–H and O–H groups in total. The third kappa shape index (κ3) is 10.9. The van der Waals surface area contributed by atoms with Gasteiger partial charge in [-0.1, -0.05) is 26.0 Å². The molecule has 0 saturated carbocycles. The van der Waals surface area contributed by atoms with E-state index in [1.54, 1.807) is 12.2 Å². The van der Waals surface area contributed by atoms with Gasteiger partial charge in [0.25, 0.3) is 0 Å². The largest absolute Gasteiger partial charge is 0.381 e. The molecular weight excluding hydrogens is 240 g/mol. The summed E-state index contributed by atoms with van der Waals surface area (Å²) in [6, 6.07) is 0. The lowest BCUT2D eigenvalue weighted by Gasteiger charge is -2.18. The van der Waals surface area contributed by atoms with Crippen LogP contribution in [0.2, 0.25) is 0 Å². The van der Waals surface area contributed by atoms with Crippen LogP contribution in [-0.2, 0) is 14.2 Å². The summed E-state index contributed by atoms with van der Waals surface area (Å²) < 4.78 is 16.7. The van der Waals surface area contributed by atoms with E-state index in [0.717, 1.165) is 39.3 Å². The van der Waals surface area contributed by atoms with Gasteiger partial charge in [0.15, 0.2) is 0 Å². The van der Waals surface area contributed by atoms with E-state index in [1.165, 1.54) is 0 Å². The molecule has 0 aliphatic carbocycles. The van der Waals surface area contributed by atoms with Crippen molar-refractivity contribution in [2.75, 3.05) is 39.6 Å². The normalized spacial score (nSPS) is 14.0. The van der Waals surface area contributed by atoms with Crippen molar-refractivity contribution in [1.29, 1.82) is 0 Å². The van der Waals surface area contributed by atoms with Gasteiger partial charge >= 0.3 is 0 Å². The molecule has 0 spiro atoms. The van der Waals surface area contributed by atoms with Gasteiger partial charge in [-0.25, -0.2) is 0 Å². The predicted molar refractivity (Wildman–Crippen MR) is 80.4 cm³/mol. The quantitative estimate of drug-likeness (QED) is 0.357. The van der Waals surface area contributed by atoms with E-state index in [-0.39, 0.29) is 0 Å². The van der Waals surface area contributed by atoms with Crippen molar-refractivity contribution < 1.29 is 14.2 Å². The first-order valence-electron chi connectivity index (χ1n) is 7.23. The molecule has 0 saturated heterocycles. The standard InChI is InChI=1S/C16H30O3/c1-5-9-17-11-15(7-3)13-19-14-16(8-4)12-18-10-6-2/h5-6,15-16H,1-2,7-14H2,3-4H3. The first-order valence-corrected chi connectivity index (χ1v) is 7.23. The summed E-state index contributed by atoms with van der Waals surface area (Å²) in [5.74, 6) is 0.929. The van der Waals surface area contributed by atoms with Gasteiger partial charge in [-0.15, -0.1) is 13.2 Å². The Labute approximate surface area is 118 Å². The molecule has 0 fully saturated rings. The molecule has 3 heteroatoms. The highest BCUT2D eigenvalue weighted by Gasteiger charge is 2.10. The minimum atomic E-state index is 0.464. The summed E-state index contributed by atoms with van der Waals surface area (Å²) in [5, 5.41) is 0. The van der Waals surface area contributed by atoms with E-state index in [1.807, 2.05) is 0 Å². The highest BCUT2D eigenvalue weighted by molar-refractivity contribution is 4.66. The van der Waals surface area contributed by atoms with E-state index in [2.05, 4.69) is 27.0 Å². The lowest BCUT2D eigenvalue weighted by molar-refractivity contribution is 0.0119. The molecule has 3 nitrogen and oxygen atoms in total. The number of rotatable bonds is 14. The molecule has 0 bridgehead atoms. The van der Waals surface area contributed by atoms with Crippen LogP contribution in [0.3, 0.4) is 0 Å². The van der Waals surface area contributed by atoms with E-state index in [4.69, 9.17) is 14.2 Å². The highest BCUT2D eigenvalue weighted by Crippen LogP contribution is 2.08. The number of ether oxygens (including phenoxy) is 3. The smallest absolute Gasteiger partial charge is 0.0644 e. The molecule has 0 aliphatic heterocycles. The molecule has 0 heterocycles. The predicted octanol–water partition coefficient (Wildman–Crippen LogP) is 3.46. The minimum absolute atomic E-state index is 0.464. The molecule has 0 aromatic carbocycles. The maximum atomic E-state index is 5.79. The van der Waals surface area contributed by atoms with Crippen LogP contribution in [-0.4, -0.2) is 39.6 Å². The Morgan fingerprint density at radius 1 is 0.737 bits per heavy atom. The van der Waals surface area contributed by atoms with Crippen LogP contribution in [0.15, 0.2) is 25.3 Å². The van der Waals surface area contributed by atoms with Crippen molar-refractivity contribution >= 4 is 0 Å². The highest BCUT2D eigenvalue weighted by atomic mass is 16.5. The Balaban J connectivity index is 3.69. The summed E-state index contributed by atoms with van der Waals surface area (Å²) in [6.07, 6.45) is 5.69. The fraction of sp³-hybridized carbons (Fsp3) is 0.750. The summed E-state index contributed by atoms with van der Waals surface area (Å²) in [6.45, 7) is 15.8. The van der Waals surface area contributed by atoms with Crippen molar-refractivity contribution in [3.8, 4) is 0 Å². The van der Waals surface area contributed by atoms with Crippen LogP contribution in [0.4, 0.5) is 0 Å². The van der Waals surface area contributed by atoms with Gasteiger partial charge in [0.05, 0.1) is 39.6 Å². The lowest BCUT2D eigenvalue weighted by atomic mass is 10.1. The summed E-state index contributed by atoms with van der Waals surface area (Å²) in [7, 11) is 0. The average molecular weight is 270 g/mol. The van der Waals surface area contributed by atoms with E-state index in [9.17, 15) is 0 Å². The molecule has 19 heavy (non-hydrogen) atoms. The SMILES string of the molecule is C=CCOCC(CC)COCC(CC)COCC=C. The average Bonchev–Trinajstić information content (AvgIpc) is 2.44. The molecule has 0 aromatic rings. The molecule has 2 atom stereocenters. The molecule has 0 amide bonds. The molecule has 2 unspecified atom stereocenters. The van der Waals surface area contributed by atoms with E-state index in [0.29, 0.717) is 25.0 Å². The van der Waals surface area contributed by atoms with Crippen LogP contribution in [0.1, 0.15) is 26.7 Å². The van der Waals surface area contributed by atoms with Gasteiger partial charge < -0.3 is 14.2 Å². The van der Waals surface area contributed by atoms with Gasteiger partial charge in [-0.2, -0.15) is 0 Å². The Hall–Kier alpha value is -0.640. The van der Waals surface area contributed by atoms with Gasteiger partial charge in [0.2, 0.25) is 0 Å². The summed E-state index contributed by atoms with van der Waals surface area (Å²) in [5.41, 5.74) is 0. The zero-order valence-corrected chi connectivity index (χ0v) is 12.6. The second kappa shape index (κ2) is 13.8. The first kappa shape index (κ1) is 18.4. The Kier molecular flexibility index (Phi) is 13.3. The Morgan fingerprint density at radius 2 is 1.11 bits per heavy atom. The Bertz CT molecular complexity index is 194. The summed E-state index contributed by atoms with van der Waals surface area (Å²) >= 11 is 0. The van der Waals surface area contributed by atoms with Gasteiger partial charge in [-0.05, 0) is 12.8 Å². The maximum absolute atomic E-state index is 5.79. The fourth-order valence-electron chi connectivity index (χ4n) is 1.61. The first-order chi connectivity index (χ1) is 9.28. The molecule has 0 radical (unpaired) electrons. The van der Waals surface area contributed by atoms with Crippen molar-refractivity contribution in [3.05, 3.63) is 25.3 Å². The Morgan fingerprint density at radius 3 is 1.42 bits per heavy atom. The third-order valence-electron chi connectivity index (χ3n) is 3.04. The molecule has 112 valence electrons. The van der Waals surface area contributed by atoms with Crippen LogP contribution < -0.4 is 0 Å². The fourth-order valence-corrected chi connectivity index (χ4v) is 1.61. The van der Waals surface area contributed by atoms with Crippen molar-refractivity contribution in [2.24, 2.45) is 11.8 Å². The van der Waals surface area contributed by atoms with Gasteiger partial charge in [0.1, 0.15) is 0 Å². The second-order valence-electron chi connectivity index (χ2n) is 4.74. The number of hydrogen-bond acceptors (Lipinski definition) is 3. The summed E-state index contributed by atoms with van der Waals surface area (Å²) in [4.78, 5) is 0. The van der Waals surface area contributed by atoms with Crippen molar-refractivity contribution in [2.45, 2.75) is 26.7 Å². The minimum Gasteiger partial charge on any atom is -0.381 e. The lowest BCUT2D eigenvalue weighted by Crippen LogP contribution is -2.21. The van der Waals surface area contributed by atoms with Gasteiger partial charge in [0, 0.05) is 11.8 Å². The monoisotopic (exact) mass is 270 g/mol. The molecule has 0 aromatic heterocycles. The van der Waals surface area contributed by atoms with Crippen LogP contribution >= 0.6 is 0 Å². The maximum Gasteiger partial charge on any atom is 0.0644 e. The zero-order chi connectivity index (χ0) is 14.3. The topological polar surface area (TPSA) is 27.7 Å². The number of hydrogen-bond donors (Lipinski definition) is 0. The molecular formula is C16H30O3. The zero-order valence-electron chi connectivity index (χ0n) is 12.6.